The molecule has 0 aliphatic carbocycles. The van der Waals surface area contributed by atoms with Gasteiger partial charge in [0.25, 0.3) is 5.56 Å². The maximum absolute atomic E-state index is 13.1. The Labute approximate surface area is 177 Å². The molecule has 158 valence electrons. The lowest BCUT2D eigenvalue weighted by Gasteiger charge is -2.08. The number of fused-ring (bicyclic) bond motifs is 3. The zero-order valence-corrected chi connectivity index (χ0v) is 18.1. The van der Waals surface area contributed by atoms with Crippen LogP contribution in [0.15, 0.2) is 51.2 Å². The molecule has 0 unspecified atom stereocenters. The second-order valence-electron chi connectivity index (χ2n) is 6.73. The maximum atomic E-state index is 13.1. The van der Waals surface area contributed by atoms with Gasteiger partial charge in [0.05, 0.1) is 17.4 Å². The van der Waals surface area contributed by atoms with Crippen LogP contribution < -0.4 is 22.8 Å². The van der Waals surface area contributed by atoms with Crippen molar-refractivity contribution in [2.45, 2.75) is 19.9 Å². The van der Waals surface area contributed by atoms with Crippen LogP contribution in [0, 0.1) is 0 Å². The van der Waals surface area contributed by atoms with Crippen molar-refractivity contribution < 1.29 is 0 Å². The third-order valence-electron chi connectivity index (χ3n) is 4.84. The van der Waals surface area contributed by atoms with Crippen molar-refractivity contribution in [3.05, 3.63) is 56.8 Å². The van der Waals surface area contributed by atoms with Crippen molar-refractivity contribution in [3.63, 3.8) is 0 Å². The van der Waals surface area contributed by atoms with Gasteiger partial charge in [0.2, 0.25) is 0 Å². The van der Waals surface area contributed by atoms with Crippen molar-refractivity contribution >= 4 is 38.8 Å². The Morgan fingerprint density at radius 1 is 1.40 bits per heavy atom. The molecular weight excluding hydrogens is 400 g/mol. The molecule has 3 aromatic rings. The summed E-state index contributed by atoms with van der Waals surface area (Å²) in [5.74, 6) is 0. The van der Waals surface area contributed by atoms with Crippen molar-refractivity contribution in [3.8, 4) is 0 Å². The number of allylic oxidation sites excluding steroid dienone is 4. The third-order valence-corrected chi connectivity index (χ3v) is 5.92. The number of aromatic nitrogens is 4. The maximum Gasteiger partial charge on any atom is 0.291 e. The first-order valence-electron chi connectivity index (χ1n) is 9.42. The van der Waals surface area contributed by atoms with Gasteiger partial charge in [-0.15, -0.1) is 11.3 Å². The van der Waals surface area contributed by atoms with Crippen LogP contribution in [0.2, 0.25) is 0 Å². The van der Waals surface area contributed by atoms with Crippen LogP contribution in [0.25, 0.3) is 21.3 Å². The summed E-state index contributed by atoms with van der Waals surface area (Å²) in [5.41, 5.74) is 20.6. The van der Waals surface area contributed by atoms with E-state index in [1.54, 1.807) is 30.8 Å². The van der Waals surface area contributed by atoms with E-state index in [2.05, 4.69) is 10.1 Å². The zero-order valence-electron chi connectivity index (χ0n) is 17.3. The Balaban J connectivity index is 2.06. The van der Waals surface area contributed by atoms with Gasteiger partial charge in [-0.2, -0.15) is 5.10 Å². The second-order valence-corrected chi connectivity index (χ2v) is 7.81. The van der Waals surface area contributed by atoms with Crippen molar-refractivity contribution in [1.29, 1.82) is 0 Å². The van der Waals surface area contributed by atoms with Gasteiger partial charge in [0.15, 0.2) is 5.65 Å². The van der Waals surface area contributed by atoms with Gasteiger partial charge >= 0.3 is 0 Å². The normalized spacial score (nSPS) is 13.9. The standard InChI is InChI=1S/C20H26N8OS/c1-4-12(5-6-21)7-16-26-19-18(30-16)14-10-25-28(20(29)17(14)27(19)3)11-15(23)13(8-22)9-24-2/h4-6,9-10H,7-8,11,21-23H2,1-3H3/b6-5-,12-4+,15-13?,24-9?. The molecule has 0 bridgehead atoms. The van der Waals surface area contributed by atoms with E-state index >= 15 is 0 Å². The average molecular weight is 427 g/mol. The minimum absolute atomic E-state index is 0.140. The molecule has 30 heavy (non-hydrogen) atoms. The number of thiazole rings is 1. The fourth-order valence-electron chi connectivity index (χ4n) is 3.26. The molecule has 0 saturated heterocycles. The van der Waals surface area contributed by atoms with E-state index in [0.717, 1.165) is 26.3 Å². The van der Waals surface area contributed by atoms with Crippen LogP contribution in [-0.2, 0) is 20.0 Å². The molecule has 0 amide bonds. The lowest BCUT2D eigenvalue weighted by atomic mass is 10.2. The van der Waals surface area contributed by atoms with Crippen LogP contribution in [0.1, 0.15) is 11.9 Å². The molecular formula is C20H26N8OS. The number of nitrogens with two attached hydrogens (primary N) is 3. The molecule has 3 rings (SSSR count). The highest BCUT2D eigenvalue weighted by atomic mass is 32.1. The first-order chi connectivity index (χ1) is 14.4. The summed E-state index contributed by atoms with van der Waals surface area (Å²) in [6.07, 6.45) is 9.36. The summed E-state index contributed by atoms with van der Waals surface area (Å²) in [5, 5.41) is 6.07. The van der Waals surface area contributed by atoms with E-state index in [4.69, 9.17) is 22.2 Å². The third kappa shape index (κ3) is 3.91. The van der Waals surface area contributed by atoms with Crippen molar-refractivity contribution in [2.75, 3.05) is 13.6 Å². The molecule has 9 nitrogen and oxygen atoms in total. The lowest BCUT2D eigenvalue weighted by Crippen LogP contribution is -2.28. The first kappa shape index (κ1) is 21.5. The van der Waals surface area contributed by atoms with Crippen LogP contribution in [-0.4, -0.2) is 39.1 Å². The van der Waals surface area contributed by atoms with Crippen LogP contribution in [0.5, 0.6) is 0 Å². The molecule has 0 fully saturated rings. The molecule has 0 aliphatic heterocycles. The van der Waals surface area contributed by atoms with Gasteiger partial charge in [-0.05, 0) is 24.8 Å². The summed E-state index contributed by atoms with van der Waals surface area (Å²) in [7, 11) is 3.48. The zero-order chi connectivity index (χ0) is 21.8. The Hall–Kier alpha value is -3.24. The van der Waals surface area contributed by atoms with Crippen LogP contribution in [0.4, 0.5) is 0 Å². The van der Waals surface area contributed by atoms with E-state index in [-0.39, 0.29) is 18.6 Å². The first-order valence-corrected chi connectivity index (χ1v) is 10.2. The number of hydrogen-bond donors (Lipinski definition) is 3. The van der Waals surface area contributed by atoms with E-state index in [1.807, 2.05) is 30.7 Å². The molecule has 0 aromatic carbocycles. The predicted octanol–water partition coefficient (Wildman–Crippen LogP) is 1.18. The monoisotopic (exact) mass is 426 g/mol. The fourth-order valence-corrected chi connectivity index (χ4v) is 4.40. The largest absolute Gasteiger partial charge is 0.405 e. The Kier molecular flexibility index (Phi) is 6.48. The summed E-state index contributed by atoms with van der Waals surface area (Å²) < 4.78 is 4.10. The van der Waals surface area contributed by atoms with E-state index in [1.165, 1.54) is 10.9 Å². The molecule has 0 aliphatic rings. The van der Waals surface area contributed by atoms with E-state index < -0.39 is 0 Å². The minimum Gasteiger partial charge on any atom is -0.405 e. The summed E-state index contributed by atoms with van der Waals surface area (Å²) >= 11 is 1.56. The van der Waals surface area contributed by atoms with Gasteiger partial charge in [-0.3, -0.25) is 9.79 Å². The molecule has 0 spiro atoms. The fraction of sp³-hybridized carbons (Fsp3) is 0.300. The Morgan fingerprint density at radius 2 is 2.17 bits per heavy atom. The Bertz CT molecular complexity index is 1260. The molecule has 3 aromatic heterocycles. The summed E-state index contributed by atoms with van der Waals surface area (Å²) in [4.78, 5) is 21.8. The highest BCUT2D eigenvalue weighted by molar-refractivity contribution is 7.19. The van der Waals surface area contributed by atoms with Gasteiger partial charge < -0.3 is 21.8 Å². The van der Waals surface area contributed by atoms with E-state index in [0.29, 0.717) is 23.2 Å². The molecule has 3 heterocycles. The number of rotatable bonds is 7. The van der Waals surface area contributed by atoms with Crippen LogP contribution in [0.3, 0.4) is 0 Å². The van der Waals surface area contributed by atoms with Crippen molar-refractivity contribution in [2.24, 2.45) is 29.2 Å². The lowest BCUT2D eigenvalue weighted by molar-refractivity contribution is 0.629. The van der Waals surface area contributed by atoms with Crippen molar-refractivity contribution in [1.82, 2.24) is 19.3 Å². The number of aliphatic imine (C=N–C) groups is 1. The van der Waals surface area contributed by atoms with Gasteiger partial charge in [0.1, 0.15) is 10.5 Å². The van der Waals surface area contributed by atoms with Crippen LogP contribution >= 0.6 is 11.3 Å². The molecule has 0 radical (unpaired) electrons. The summed E-state index contributed by atoms with van der Waals surface area (Å²) in [6, 6.07) is 0. The number of nitrogens with zero attached hydrogens (tertiary/aromatic N) is 5. The molecule has 0 saturated carbocycles. The highest BCUT2D eigenvalue weighted by Gasteiger charge is 2.18. The Morgan fingerprint density at radius 3 is 2.80 bits per heavy atom. The SMILES string of the molecule is C/C=C(\C=C/N)Cc1nc2c(s1)c1cnn(CC(N)=C(C=NC)CN)c(=O)c1n2C. The molecule has 0 atom stereocenters. The average Bonchev–Trinajstić information content (AvgIpc) is 3.26. The predicted molar refractivity (Wildman–Crippen MR) is 124 cm³/mol. The summed E-state index contributed by atoms with van der Waals surface area (Å²) in [6.45, 7) is 2.34. The number of hydrogen-bond acceptors (Lipinski definition) is 8. The van der Waals surface area contributed by atoms with Gasteiger partial charge in [0, 0.05) is 49.9 Å². The van der Waals surface area contributed by atoms with E-state index in [9.17, 15) is 4.79 Å². The molecule has 10 heteroatoms. The second kappa shape index (κ2) is 9.06. The van der Waals surface area contributed by atoms with Gasteiger partial charge in [-0.25, -0.2) is 9.67 Å². The quantitative estimate of drug-likeness (QED) is 0.382. The smallest absolute Gasteiger partial charge is 0.291 e. The topological polar surface area (TPSA) is 143 Å². The molecule has 6 N–H and O–H groups in total. The minimum atomic E-state index is -0.227. The van der Waals surface area contributed by atoms with Gasteiger partial charge in [-0.1, -0.05) is 6.08 Å². The number of aryl methyl sites for hydroxylation is 1. The highest BCUT2D eigenvalue weighted by Crippen LogP contribution is 2.31.